The van der Waals surface area contributed by atoms with Crippen molar-refractivity contribution in [2.45, 2.75) is 6.04 Å². The molecule has 0 aliphatic heterocycles. The molecule has 21 heavy (non-hydrogen) atoms. The SMILES string of the molecule is COc1ccccc1C(NN)c1cccc2cnccc12. The molecule has 2 aromatic carbocycles. The van der Waals surface area contributed by atoms with Gasteiger partial charge in [-0.1, -0.05) is 36.4 Å². The molecule has 0 aliphatic carbocycles. The van der Waals surface area contributed by atoms with Crippen molar-refractivity contribution >= 4 is 10.8 Å². The summed E-state index contributed by atoms with van der Waals surface area (Å²) in [6, 6.07) is 15.9. The first-order valence-electron chi connectivity index (χ1n) is 6.77. The Balaban J connectivity index is 2.19. The Morgan fingerprint density at radius 1 is 1.05 bits per heavy atom. The van der Waals surface area contributed by atoms with Gasteiger partial charge in [0.25, 0.3) is 0 Å². The minimum atomic E-state index is -0.146. The van der Waals surface area contributed by atoms with Crippen molar-refractivity contribution in [1.82, 2.24) is 10.4 Å². The second kappa shape index (κ2) is 5.91. The third-order valence-corrected chi connectivity index (χ3v) is 3.64. The molecular formula is C17H17N3O. The van der Waals surface area contributed by atoms with E-state index in [2.05, 4.69) is 16.5 Å². The van der Waals surface area contributed by atoms with Crippen LogP contribution in [-0.2, 0) is 0 Å². The predicted molar refractivity (Wildman–Crippen MR) is 83.9 cm³/mol. The first kappa shape index (κ1) is 13.5. The topological polar surface area (TPSA) is 60.2 Å². The predicted octanol–water partition coefficient (Wildman–Crippen LogP) is 2.80. The summed E-state index contributed by atoms with van der Waals surface area (Å²) in [7, 11) is 1.67. The number of ether oxygens (including phenoxy) is 1. The zero-order chi connectivity index (χ0) is 14.7. The molecule has 0 saturated heterocycles. The van der Waals surface area contributed by atoms with Gasteiger partial charge < -0.3 is 4.74 Å². The van der Waals surface area contributed by atoms with Gasteiger partial charge in [-0.2, -0.15) is 0 Å². The van der Waals surface area contributed by atoms with E-state index in [-0.39, 0.29) is 6.04 Å². The summed E-state index contributed by atoms with van der Waals surface area (Å²) in [5.41, 5.74) is 5.01. The van der Waals surface area contributed by atoms with E-state index in [0.717, 1.165) is 27.6 Å². The number of hydrogen-bond acceptors (Lipinski definition) is 4. The summed E-state index contributed by atoms with van der Waals surface area (Å²) in [5, 5.41) is 2.21. The fraction of sp³-hybridized carbons (Fsp3) is 0.118. The summed E-state index contributed by atoms with van der Waals surface area (Å²) in [4.78, 5) is 4.17. The number of hydrogen-bond donors (Lipinski definition) is 2. The van der Waals surface area contributed by atoms with Crippen molar-refractivity contribution in [2.75, 3.05) is 7.11 Å². The van der Waals surface area contributed by atoms with Crippen LogP contribution in [0.2, 0.25) is 0 Å². The Kier molecular flexibility index (Phi) is 3.81. The number of methoxy groups -OCH3 is 1. The van der Waals surface area contributed by atoms with E-state index in [0.29, 0.717) is 0 Å². The molecule has 3 N–H and O–H groups in total. The van der Waals surface area contributed by atoms with Crippen LogP contribution in [0.15, 0.2) is 60.9 Å². The van der Waals surface area contributed by atoms with Crippen LogP contribution in [0.4, 0.5) is 0 Å². The molecule has 4 heteroatoms. The average Bonchev–Trinajstić information content (AvgIpc) is 2.56. The molecule has 0 amide bonds. The number of pyridine rings is 1. The van der Waals surface area contributed by atoms with E-state index < -0.39 is 0 Å². The maximum atomic E-state index is 5.83. The van der Waals surface area contributed by atoms with Crippen molar-refractivity contribution < 1.29 is 4.74 Å². The standard InChI is InChI=1S/C17H17N3O/c1-21-16-8-3-2-6-15(16)17(20-18)14-7-4-5-12-11-19-10-9-13(12)14/h2-11,17,20H,18H2,1H3. The van der Waals surface area contributed by atoms with E-state index in [9.17, 15) is 0 Å². The van der Waals surface area contributed by atoms with Crippen molar-refractivity contribution in [3.63, 3.8) is 0 Å². The lowest BCUT2D eigenvalue weighted by molar-refractivity contribution is 0.404. The molecule has 1 unspecified atom stereocenters. The number of para-hydroxylation sites is 1. The second-order valence-electron chi connectivity index (χ2n) is 4.79. The van der Waals surface area contributed by atoms with E-state index >= 15 is 0 Å². The third kappa shape index (κ3) is 2.46. The monoisotopic (exact) mass is 279 g/mol. The number of nitrogens with zero attached hydrogens (tertiary/aromatic N) is 1. The smallest absolute Gasteiger partial charge is 0.124 e. The lowest BCUT2D eigenvalue weighted by Crippen LogP contribution is -2.29. The highest BCUT2D eigenvalue weighted by Crippen LogP contribution is 2.32. The highest BCUT2D eigenvalue weighted by molar-refractivity contribution is 5.85. The number of benzene rings is 2. The van der Waals surface area contributed by atoms with Gasteiger partial charge in [-0.15, -0.1) is 0 Å². The number of nitrogens with one attached hydrogen (secondary N) is 1. The van der Waals surface area contributed by atoms with E-state index in [1.54, 1.807) is 13.3 Å². The van der Waals surface area contributed by atoms with Gasteiger partial charge in [-0.05, 0) is 23.1 Å². The van der Waals surface area contributed by atoms with Crippen LogP contribution in [0.25, 0.3) is 10.8 Å². The van der Waals surface area contributed by atoms with Crippen molar-refractivity contribution in [1.29, 1.82) is 0 Å². The molecule has 0 spiro atoms. The Morgan fingerprint density at radius 2 is 1.86 bits per heavy atom. The molecule has 1 atom stereocenters. The largest absolute Gasteiger partial charge is 0.496 e. The van der Waals surface area contributed by atoms with Crippen molar-refractivity contribution in [2.24, 2.45) is 5.84 Å². The molecule has 0 aliphatic rings. The zero-order valence-corrected chi connectivity index (χ0v) is 11.8. The van der Waals surface area contributed by atoms with E-state index in [1.165, 1.54) is 0 Å². The number of nitrogens with two attached hydrogens (primary N) is 1. The Labute approximate surface area is 123 Å². The van der Waals surface area contributed by atoms with Crippen LogP contribution in [0.5, 0.6) is 5.75 Å². The summed E-state index contributed by atoms with van der Waals surface area (Å²) < 4.78 is 5.45. The van der Waals surface area contributed by atoms with Crippen LogP contribution >= 0.6 is 0 Å². The summed E-state index contributed by atoms with van der Waals surface area (Å²) in [5.74, 6) is 6.64. The van der Waals surface area contributed by atoms with Gasteiger partial charge in [-0.3, -0.25) is 10.8 Å². The quantitative estimate of drug-likeness (QED) is 0.569. The van der Waals surface area contributed by atoms with Gasteiger partial charge in [-0.25, -0.2) is 5.43 Å². The van der Waals surface area contributed by atoms with Crippen LogP contribution < -0.4 is 16.0 Å². The Morgan fingerprint density at radius 3 is 2.67 bits per heavy atom. The Bertz CT molecular complexity index is 752. The summed E-state index contributed by atoms with van der Waals surface area (Å²) >= 11 is 0. The average molecular weight is 279 g/mol. The van der Waals surface area contributed by atoms with Gasteiger partial charge >= 0.3 is 0 Å². The van der Waals surface area contributed by atoms with Crippen LogP contribution in [0.3, 0.4) is 0 Å². The lowest BCUT2D eigenvalue weighted by Gasteiger charge is -2.21. The minimum absolute atomic E-state index is 0.146. The molecular weight excluding hydrogens is 262 g/mol. The van der Waals surface area contributed by atoms with E-state index in [4.69, 9.17) is 10.6 Å². The second-order valence-corrected chi connectivity index (χ2v) is 4.79. The molecule has 106 valence electrons. The molecule has 0 saturated carbocycles. The number of fused-ring (bicyclic) bond motifs is 1. The molecule has 3 rings (SSSR count). The molecule has 3 aromatic rings. The highest BCUT2D eigenvalue weighted by atomic mass is 16.5. The van der Waals surface area contributed by atoms with Crippen molar-refractivity contribution in [3.05, 3.63) is 72.1 Å². The van der Waals surface area contributed by atoms with Crippen LogP contribution in [-0.4, -0.2) is 12.1 Å². The fourth-order valence-corrected chi connectivity index (χ4v) is 2.65. The molecule has 1 heterocycles. The maximum Gasteiger partial charge on any atom is 0.124 e. The number of aromatic nitrogens is 1. The van der Waals surface area contributed by atoms with Crippen LogP contribution in [0, 0.1) is 0 Å². The summed E-state index contributed by atoms with van der Waals surface area (Å²) in [6.45, 7) is 0. The lowest BCUT2D eigenvalue weighted by atomic mass is 9.94. The van der Waals surface area contributed by atoms with Gasteiger partial charge in [0, 0.05) is 23.3 Å². The molecule has 0 radical (unpaired) electrons. The minimum Gasteiger partial charge on any atom is -0.496 e. The van der Waals surface area contributed by atoms with Gasteiger partial charge in [0.05, 0.1) is 13.2 Å². The number of hydrazine groups is 1. The van der Waals surface area contributed by atoms with Gasteiger partial charge in [0.15, 0.2) is 0 Å². The van der Waals surface area contributed by atoms with E-state index in [1.807, 2.05) is 48.7 Å². The molecule has 1 aromatic heterocycles. The summed E-state index contributed by atoms with van der Waals surface area (Å²) in [6.07, 6.45) is 3.65. The Hall–Kier alpha value is -2.43. The van der Waals surface area contributed by atoms with Crippen molar-refractivity contribution in [3.8, 4) is 5.75 Å². The molecule has 0 bridgehead atoms. The highest BCUT2D eigenvalue weighted by Gasteiger charge is 2.18. The third-order valence-electron chi connectivity index (χ3n) is 3.64. The molecule has 4 nitrogen and oxygen atoms in total. The van der Waals surface area contributed by atoms with Gasteiger partial charge in [0.1, 0.15) is 5.75 Å². The maximum absolute atomic E-state index is 5.83. The first-order valence-corrected chi connectivity index (χ1v) is 6.77. The normalized spacial score (nSPS) is 12.3. The molecule has 0 fully saturated rings. The first-order chi connectivity index (χ1) is 10.3. The van der Waals surface area contributed by atoms with Crippen LogP contribution in [0.1, 0.15) is 17.2 Å². The number of rotatable bonds is 4. The fourth-order valence-electron chi connectivity index (χ4n) is 2.65. The zero-order valence-electron chi connectivity index (χ0n) is 11.8. The van der Waals surface area contributed by atoms with Gasteiger partial charge in [0.2, 0.25) is 0 Å².